The first-order valence-corrected chi connectivity index (χ1v) is 9.09. The molecule has 0 amide bonds. The first-order valence-electron chi connectivity index (χ1n) is 9.09. The summed E-state index contributed by atoms with van der Waals surface area (Å²) in [6.45, 7) is 9.25. The molecule has 1 atom stereocenters. The summed E-state index contributed by atoms with van der Waals surface area (Å²) in [5, 5.41) is 10.6. The molecule has 4 nitrogen and oxygen atoms in total. The lowest BCUT2D eigenvalue weighted by Gasteiger charge is -2.16. The van der Waals surface area contributed by atoms with Crippen LogP contribution >= 0.6 is 0 Å². The Hall–Kier alpha value is -2.80. The number of nitriles is 1. The van der Waals surface area contributed by atoms with E-state index in [9.17, 15) is 5.26 Å². The number of rotatable bonds is 6. The molecule has 1 unspecified atom stereocenters. The quantitative estimate of drug-likeness (QED) is 0.643. The van der Waals surface area contributed by atoms with Crippen molar-refractivity contribution < 1.29 is 4.74 Å². The standard InChI is InChI=1S/C22H25N3O/c1-14(2)9-15(3)13-26-21-6-5-17(11-18(21)12-23)19-7-8-24-22-20(19)10-16(4)25-22/h5-8,10-11,14-15H,9,13H2,1-4H3,(H,24,25). The van der Waals surface area contributed by atoms with Gasteiger partial charge in [0, 0.05) is 17.3 Å². The normalized spacial score (nSPS) is 12.3. The number of fused-ring (bicyclic) bond motifs is 1. The molecule has 0 spiro atoms. The summed E-state index contributed by atoms with van der Waals surface area (Å²) in [5.74, 6) is 1.76. The van der Waals surface area contributed by atoms with Gasteiger partial charge in [-0.1, -0.05) is 26.8 Å². The van der Waals surface area contributed by atoms with Gasteiger partial charge in [-0.15, -0.1) is 0 Å². The summed E-state index contributed by atoms with van der Waals surface area (Å²) in [4.78, 5) is 7.63. The molecule has 134 valence electrons. The van der Waals surface area contributed by atoms with Gasteiger partial charge in [-0.25, -0.2) is 4.98 Å². The predicted octanol–water partition coefficient (Wildman–Crippen LogP) is 5.47. The molecule has 3 aromatic rings. The van der Waals surface area contributed by atoms with Crippen molar-refractivity contribution in [2.24, 2.45) is 11.8 Å². The number of aromatic nitrogens is 2. The van der Waals surface area contributed by atoms with Crippen LogP contribution in [0.5, 0.6) is 5.75 Å². The van der Waals surface area contributed by atoms with Gasteiger partial charge in [0.1, 0.15) is 17.5 Å². The van der Waals surface area contributed by atoms with Gasteiger partial charge in [-0.2, -0.15) is 5.26 Å². The maximum Gasteiger partial charge on any atom is 0.138 e. The van der Waals surface area contributed by atoms with Gasteiger partial charge < -0.3 is 9.72 Å². The largest absolute Gasteiger partial charge is 0.492 e. The fourth-order valence-corrected chi connectivity index (χ4v) is 3.43. The monoisotopic (exact) mass is 347 g/mol. The Morgan fingerprint density at radius 2 is 2.00 bits per heavy atom. The average Bonchev–Trinajstić information content (AvgIpc) is 2.99. The van der Waals surface area contributed by atoms with Crippen molar-refractivity contribution in [3.05, 3.63) is 47.8 Å². The summed E-state index contributed by atoms with van der Waals surface area (Å²) < 4.78 is 5.93. The Kier molecular flexibility index (Phi) is 5.27. The van der Waals surface area contributed by atoms with Crippen molar-refractivity contribution in [2.75, 3.05) is 6.61 Å². The lowest BCUT2D eigenvalue weighted by atomic mass is 9.99. The van der Waals surface area contributed by atoms with Crippen molar-refractivity contribution in [1.82, 2.24) is 9.97 Å². The highest BCUT2D eigenvalue weighted by atomic mass is 16.5. The SMILES string of the molecule is Cc1cc2c(-c3ccc(OCC(C)CC(C)C)c(C#N)c3)ccnc2[nH]1. The summed E-state index contributed by atoms with van der Waals surface area (Å²) in [5.41, 5.74) is 4.56. The van der Waals surface area contributed by atoms with E-state index >= 15 is 0 Å². The highest BCUT2D eigenvalue weighted by molar-refractivity contribution is 5.93. The van der Waals surface area contributed by atoms with Crippen LogP contribution in [-0.4, -0.2) is 16.6 Å². The summed E-state index contributed by atoms with van der Waals surface area (Å²) in [6, 6.07) is 12.2. The van der Waals surface area contributed by atoms with Crippen LogP contribution in [0.1, 0.15) is 38.4 Å². The molecule has 0 saturated heterocycles. The zero-order valence-corrected chi connectivity index (χ0v) is 15.8. The van der Waals surface area contributed by atoms with Crippen LogP contribution in [0.15, 0.2) is 36.5 Å². The zero-order valence-electron chi connectivity index (χ0n) is 15.8. The molecule has 0 radical (unpaired) electrons. The molecular formula is C22H25N3O. The topological polar surface area (TPSA) is 61.7 Å². The highest BCUT2D eigenvalue weighted by Gasteiger charge is 2.12. The molecular weight excluding hydrogens is 322 g/mol. The van der Waals surface area contributed by atoms with Crippen LogP contribution in [0.4, 0.5) is 0 Å². The Labute approximate surface area is 154 Å². The van der Waals surface area contributed by atoms with Gasteiger partial charge in [0.2, 0.25) is 0 Å². The number of H-pyrrole nitrogens is 1. The van der Waals surface area contributed by atoms with Crippen LogP contribution in [0.3, 0.4) is 0 Å². The fourth-order valence-electron chi connectivity index (χ4n) is 3.43. The minimum absolute atomic E-state index is 0.462. The van der Waals surface area contributed by atoms with Crippen molar-refractivity contribution >= 4 is 11.0 Å². The first-order chi connectivity index (χ1) is 12.5. The number of ether oxygens (including phenoxy) is 1. The molecule has 0 fully saturated rings. The minimum Gasteiger partial charge on any atom is -0.492 e. The first kappa shape index (κ1) is 18.0. The Morgan fingerprint density at radius 3 is 2.73 bits per heavy atom. The number of aryl methyl sites for hydroxylation is 1. The van der Waals surface area contributed by atoms with Crippen LogP contribution in [0.25, 0.3) is 22.2 Å². The molecule has 0 aliphatic carbocycles. The van der Waals surface area contributed by atoms with E-state index in [1.807, 2.05) is 31.2 Å². The van der Waals surface area contributed by atoms with E-state index in [2.05, 4.69) is 42.9 Å². The molecule has 3 rings (SSSR count). The Bertz CT molecular complexity index is 950. The van der Waals surface area contributed by atoms with E-state index in [1.54, 1.807) is 6.20 Å². The maximum atomic E-state index is 9.57. The highest BCUT2D eigenvalue weighted by Crippen LogP contribution is 2.31. The summed E-state index contributed by atoms with van der Waals surface area (Å²) in [6.07, 6.45) is 2.90. The van der Waals surface area contributed by atoms with Gasteiger partial charge in [0.25, 0.3) is 0 Å². The van der Waals surface area contributed by atoms with E-state index in [1.165, 1.54) is 0 Å². The smallest absolute Gasteiger partial charge is 0.138 e. The molecule has 0 aliphatic heterocycles. The second kappa shape index (κ2) is 7.61. The second-order valence-electron chi connectivity index (χ2n) is 7.44. The molecule has 1 N–H and O–H groups in total. The molecule has 0 saturated carbocycles. The molecule has 4 heteroatoms. The van der Waals surface area contributed by atoms with Gasteiger partial charge in [0.15, 0.2) is 0 Å². The maximum absolute atomic E-state index is 9.57. The number of pyridine rings is 1. The fraction of sp³-hybridized carbons (Fsp3) is 0.364. The average molecular weight is 347 g/mol. The summed E-state index contributed by atoms with van der Waals surface area (Å²) in [7, 11) is 0. The predicted molar refractivity (Wildman–Crippen MR) is 105 cm³/mol. The van der Waals surface area contributed by atoms with Crippen LogP contribution in [0.2, 0.25) is 0 Å². The minimum atomic E-state index is 0.462. The van der Waals surface area contributed by atoms with Crippen molar-refractivity contribution in [1.29, 1.82) is 5.26 Å². The van der Waals surface area contributed by atoms with Crippen LogP contribution in [0, 0.1) is 30.1 Å². The molecule has 2 heterocycles. The van der Waals surface area contributed by atoms with Gasteiger partial charge in [-0.05, 0) is 60.6 Å². The number of benzene rings is 1. The van der Waals surface area contributed by atoms with Gasteiger partial charge in [0.05, 0.1) is 12.2 Å². The third-order valence-electron chi connectivity index (χ3n) is 4.47. The molecule has 26 heavy (non-hydrogen) atoms. The van der Waals surface area contributed by atoms with Crippen LogP contribution < -0.4 is 4.74 Å². The number of nitrogens with zero attached hydrogens (tertiary/aromatic N) is 2. The lowest BCUT2D eigenvalue weighted by Crippen LogP contribution is -2.11. The zero-order chi connectivity index (χ0) is 18.7. The van der Waals surface area contributed by atoms with E-state index in [0.29, 0.717) is 29.8 Å². The van der Waals surface area contributed by atoms with Gasteiger partial charge >= 0.3 is 0 Å². The lowest BCUT2D eigenvalue weighted by molar-refractivity contribution is 0.238. The number of hydrogen-bond donors (Lipinski definition) is 1. The van der Waals surface area contributed by atoms with E-state index in [0.717, 1.165) is 34.3 Å². The molecule has 0 bridgehead atoms. The van der Waals surface area contributed by atoms with E-state index in [-0.39, 0.29) is 0 Å². The molecule has 2 aromatic heterocycles. The Balaban J connectivity index is 1.88. The number of aromatic amines is 1. The van der Waals surface area contributed by atoms with Crippen molar-refractivity contribution in [2.45, 2.75) is 34.1 Å². The second-order valence-corrected chi connectivity index (χ2v) is 7.44. The van der Waals surface area contributed by atoms with E-state index < -0.39 is 0 Å². The molecule has 1 aromatic carbocycles. The van der Waals surface area contributed by atoms with E-state index in [4.69, 9.17) is 4.74 Å². The summed E-state index contributed by atoms with van der Waals surface area (Å²) >= 11 is 0. The van der Waals surface area contributed by atoms with Crippen LogP contribution in [-0.2, 0) is 0 Å². The van der Waals surface area contributed by atoms with Gasteiger partial charge in [-0.3, -0.25) is 0 Å². The van der Waals surface area contributed by atoms with Crippen molar-refractivity contribution in [3.63, 3.8) is 0 Å². The third-order valence-corrected chi connectivity index (χ3v) is 4.47. The Morgan fingerprint density at radius 1 is 1.19 bits per heavy atom. The third kappa shape index (κ3) is 3.88. The number of hydrogen-bond acceptors (Lipinski definition) is 3. The number of nitrogens with one attached hydrogen (secondary N) is 1. The van der Waals surface area contributed by atoms with Crippen molar-refractivity contribution in [3.8, 4) is 22.9 Å². The molecule has 0 aliphatic rings.